The molecule has 0 aromatic heterocycles. The minimum Gasteiger partial charge on any atom is -0.610 e. The number of hydrogen-bond donors (Lipinski definition) is 0. The summed E-state index contributed by atoms with van der Waals surface area (Å²) in [5.41, 5.74) is 1.49. The van der Waals surface area contributed by atoms with Crippen molar-refractivity contribution < 1.29 is 23.4 Å². The van der Waals surface area contributed by atoms with Crippen molar-refractivity contribution in [2.24, 2.45) is 0 Å². The van der Waals surface area contributed by atoms with Crippen LogP contribution in [0, 0.1) is 11.8 Å². The van der Waals surface area contributed by atoms with Crippen LogP contribution >= 0.6 is 0 Å². The van der Waals surface area contributed by atoms with Gasteiger partial charge in [-0.15, -0.1) is 0 Å². The highest BCUT2D eigenvalue weighted by molar-refractivity contribution is 6.59. The molecule has 1 heterocycles. The zero-order valence-corrected chi connectivity index (χ0v) is 15.1. The molecule has 5 nitrogen and oxygen atoms in total. The molecule has 0 radical (unpaired) electrons. The number of hydrogen-bond acceptors (Lipinski definition) is 5. The molecule has 3 aromatic rings. The van der Waals surface area contributed by atoms with Crippen molar-refractivity contribution in [2.75, 3.05) is 0 Å². The minimum atomic E-state index is -2.83. The quantitative estimate of drug-likeness (QED) is 0.516. The van der Waals surface area contributed by atoms with E-state index >= 15 is 0 Å². The maximum Gasteiger partial charge on any atom is 0.779 e. The number of benzene rings is 3. The van der Waals surface area contributed by atoms with E-state index in [1.807, 2.05) is 42.5 Å². The van der Waals surface area contributed by atoms with E-state index in [2.05, 4.69) is 11.8 Å². The van der Waals surface area contributed by atoms with Gasteiger partial charge in [0.05, 0.1) is 11.3 Å². The first-order chi connectivity index (χ1) is 13.6. The summed E-state index contributed by atoms with van der Waals surface area (Å²) in [7, 11) is 0. The van der Waals surface area contributed by atoms with Crippen molar-refractivity contribution in [3.05, 3.63) is 90.0 Å². The standard InChI is InChI=1S/C22H16BO5/c1-17(24)25-23(27-21-13-7-8-14-22(21)28-23)26-20-12-6-5-11-19(20)16-15-18-9-3-2-4-10-18/h2-14H,1H3/q-1. The van der Waals surface area contributed by atoms with Gasteiger partial charge in [-0.25, -0.2) is 0 Å². The molecule has 6 heteroatoms. The first kappa shape index (κ1) is 17.6. The van der Waals surface area contributed by atoms with Gasteiger partial charge in [0.15, 0.2) is 0 Å². The van der Waals surface area contributed by atoms with E-state index < -0.39 is 12.9 Å². The fraction of sp³-hybridized carbons (Fsp3) is 0.0455. The summed E-state index contributed by atoms with van der Waals surface area (Å²) in [4.78, 5) is 11.7. The van der Waals surface area contributed by atoms with Crippen LogP contribution in [0.15, 0.2) is 78.9 Å². The van der Waals surface area contributed by atoms with E-state index in [4.69, 9.17) is 18.6 Å². The number of carbonyl (C=O) groups excluding carboxylic acids is 1. The average molecular weight is 371 g/mol. The highest BCUT2D eigenvalue weighted by Crippen LogP contribution is 2.38. The van der Waals surface area contributed by atoms with Gasteiger partial charge < -0.3 is 18.6 Å². The summed E-state index contributed by atoms with van der Waals surface area (Å²) >= 11 is 0. The lowest BCUT2D eigenvalue weighted by Gasteiger charge is -2.34. The van der Waals surface area contributed by atoms with Crippen molar-refractivity contribution in [1.29, 1.82) is 0 Å². The molecule has 138 valence electrons. The van der Waals surface area contributed by atoms with E-state index in [1.54, 1.807) is 36.4 Å². The smallest absolute Gasteiger partial charge is 0.610 e. The zero-order chi connectivity index (χ0) is 19.4. The van der Waals surface area contributed by atoms with Crippen LogP contribution in [0.2, 0.25) is 0 Å². The lowest BCUT2D eigenvalue weighted by Crippen LogP contribution is -2.56. The van der Waals surface area contributed by atoms with E-state index in [1.165, 1.54) is 6.92 Å². The monoisotopic (exact) mass is 371 g/mol. The topological polar surface area (TPSA) is 54.0 Å². The van der Waals surface area contributed by atoms with Crippen molar-refractivity contribution in [2.45, 2.75) is 6.92 Å². The van der Waals surface area contributed by atoms with Crippen LogP contribution in [-0.4, -0.2) is 12.9 Å². The zero-order valence-electron chi connectivity index (χ0n) is 15.1. The van der Waals surface area contributed by atoms with Gasteiger partial charge in [0.25, 0.3) is 5.97 Å². The Balaban J connectivity index is 1.66. The van der Waals surface area contributed by atoms with Gasteiger partial charge in [-0.05, 0) is 36.4 Å². The van der Waals surface area contributed by atoms with Crippen LogP contribution in [0.3, 0.4) is 0 Å². The Kier molecular flexibility index (Phi) is 4.65. The largest absolute Gasteiger partial charge is 0.779 e. The Hall–Kier alpha value is -3.85. The third kappa shape index (κ3) is 3.79. The molecular weight excluding hydrogens is 355 g/mol. The predicted molar refractivity (Wildman–Crippen MR) is 105 cm³/mol. The Morgan fingerprint density at radius 3 is 2.11 bits per heavy atom. The maximum absolute atomic E-state index is 11.7. The molecule has 0 N–H and O–H groups in total. The van der Waals surface area contributed by atoms with Gasteiger partial charge in [0, 0.05) is 12.5 Å². The maximum atomic E-state index is 11.7. The fourth-order valence-electron chi connectivity index (χ4n) is 2.79. The molecule has 0 aliphatic carbocycles. The molecule has 0 fully saturated rings. The first-order valence-corrected chi connectivity index (χ1v) is 8.78. The Morgan fingerprint density at radius 2 is 1.43 bits per heavy atom. The van der Waals surface area contributed by atoms with Crippen LogP contribution < -0.4 is 14.0 Å². The molecule has 0 bridgehead atoms. The molecule has 0 unspecified atom stereocenters. The number of carbonyl (C=O) groups is 1. The molecule has 1 aliphatic heterocycles. The van der Waals surface area contributed by atoms with Crippen molar-refractivity contribution in [3.63, 3.8) is 0 Å². The number of rotatable bonds is 3. The second-order valence-corrected chi connectivity index (χ2v) is 6.10. The predicted octanol–water partition coefficient (Wildman–Crippen LogP) is 3.94. The van der Waals surface area contributed by atoms with Gasteiger partial charge in [0.1, 0.15) is 11.5 Å². The SMILES string of the molecule is CC(=O)O[B-]1(Oc2ccccc2C#Cc2ccccc2)Oc2ccccc2O1. The van der Waals surface area contributed by atoms with Crippen molar-refractivity contribution in [1.82, 2.24) is 0 Å². The highest BCUT2D eigenvalue weighted by atomic mass is 16.9. The molecular formula is C22H16BO5-. The second kappa shape index (κ2) is 7.41. The summed E-state index contributed by atoms with van der Waals surface area (Å²) < 4.78 is 22.8. The summed E-state index contributed by atoms with van der Waals surface area (Å²) in [6.45, 7) is -1.56. The van der Waals surface area contributed by atoms with E-state index in [0.29, 0.717) is 22.8 Å². The summed E-state index contributed by atoms with van der Waals surface area (Å²) in [5, 5.41) is 0. The molecule has 0 atom stereocenters. The van der Waals surface area contributed by atoms with Crippen LogP contribution in [0.25, 0.3) is 0 Å². The first-order valence-electron chi connectivity index (χ1n) is 8.78. The van der Waals surface area contributed by atoms with Crippen molar-refractivity contribution >= 4 is 12.9 Å². The van der Waals surface area contributed by atoms with Gasteiger partial charge in [0.2, 0.25) is 0 Å². The van der Waals surface area contributed by atoms with Gasteiger partial charge >= 0.3 is 6.96 Å². The van der Waals surface area contributed by atoms with Crippen LogP contribution in [0.1, 0.15) is 18.1 Å². The highest BCUT2D eigenvalue weighted by Gasteiger charge is 2.48. The van der Waals surface area contributed by atoms with E-state index in [9.17, 15) is 4.79 Å². The molecule has 0 amide bonds. The van der Waals surface area contributed by atoms with Crippen LogP contribution in [0.4, 0.5) is 0 Å². The third-order valence-corrected chi connectivity index (χ3v) is 3.98. The number of para-hydroxylation sites is 3. The fourth-order valence-corrected chi connectivity index (χ4v) is 2.79. The molecule has 3 aromatic carbocycles. The van der Waals surface area contributed by atoms with E-state index in [-0.39, 0.29) is 0 Å². The second-order valence-electron chi connectivity index (χ2n) is 6.10. The summed E-state index contributed by atoms with van der Waals surface area (Å²) in [6, 6.07) is 23.8. The molecule has 28 heavy (non-hydrogen) atoms. The third-order valence-electron chi connectivity index (χ3n) is 3.98. The summed E-state index contributed by atoms with van der Waals surface area (Å²) in [5.74, 6) is 6.85. The minimum absolute atomic E-state index is 0.389. The van der Waals surface area contributed by atoms with E-state index in [0.717, 1.165) is 5.56 Å². The molecule has 4 rings (SSSR count). The Labute approximate surface area is 162 Å². The Bertz CT molecular complexity index is 1040. The Morgan fingerprint density at radius 1 is 0.821 bits per heavy atom. The molecule has 0 saturated heterocycles. The van der Waals surface area contributed by atoms with Gasteiger partial charge in [-0.2, -0.15) is 0 Å². The van der Waals surface area contributed by atoms with Crippen molar-refractivity contribution in [3.8, 4) is 29.1 Å². The van der Waals surface area contributed by atoms with Crippen LogP contribution in [-0.2, 0) is 9.45 Å². The molecule has 0 spiro atoms. The number of fused-ring (bicyclic) bond motifs is 1. The molecule has 1 aliphatic rings. The normalized spacial score (nSPS) is 13.2. The van der Waals surface area contributed by atoms with Gasteiger partial charge in [-0.3, -0.25) is 4.79 Å². The molecule has 0 saturated carbocycles. The average Bonchev–Trinajstić information content (AvgIpc) is 3.05. The lowest BCUT2D eigenvalue weighted by atomic mass is 10.0. The van der Waals surface area contributed by atoms with Gasteiger partial charge in [-0.1, -0.05) is 54.3 Å². The lowest BCUT2D eigenvalue weighted by molar-refractivity contribution is -0.136. The summed E-state index contributed by atoms with van der Waals surface area (Å²) in [6.07, 6.45) is 0. The van der Waals surface area contributed by atoms with Crippen LogP contribution in [0.5, 0.6) is 17.2 Å².